The zero-order valence-corrected chi connectivity index (χ0v) is 14.2. The van der Waals surface area contributed by atoms with E-state index in [2.05, 4.69) is 10.4 Å². The molecule has 0 atom stereocenters. The van der Waals surface area contributed by atoms with Crippen LogP contribution in [0.3, 0.4) is 0 Å². The van der Waals surface area contributed by atoms with Gasteiger partial charge in [0.2, 0.25) is 0 Å². The summed E-state index contributed by atoms with van der Waals surface area (Å²) in [4.78, 5) is 27.2. The fourth-order valence-electron chi connectivity index (χ4n) is 2.44. The van der Waals surface area contributed by atoms with Gasteiger partial charge in [0.1, 0.15) is 0 Å². The van der Waals surface area contributed by atoms with Gasteiger partial charge in [-0.05, 0) is 6.42 Å². The summed E-state index contributed by atoms with van der Waals surface area (Å²) < 4.78 is 11.7. The van der Waals surface area contributed by atoms with Crippen LogP contribution in [0.4, 0.5) is 9.59 Å². The number of hydrogen-bond acceptors (Lipinski definition) is 5. The van der Waals surface area contributed by atoms with Gasteiger partial charge < -0.3 is 24.6 Å². The van der Waals surface area contributed by atoms with Gasteiger partial charge in [-0.3, -0.25) is 4.68 Å². The fraction of sp³-hybridized carbons (Fsp3) is 0.667. The topological polar surface area (TPSA) is 88.9 Å². The first-order chi connectivity index (χ1) is 11.6. The van der Waals surface area contributed by atoms with Crippen LogP contribution in [0.2, 0.25) is 0 Å². The van der Waals surface area contributed by atoms with E-state index < -0.39 is 0 Å². The molecule has 1 aromatic rings. The highest BCUT2D eigenvalue weighted by Crippen LogP contribution is 2.05. The second kappa shape index (κ2) is 9.11. The second-order valence-electron chi connectivity index (χ2n) is 5.62. The van der Waals surface area contributed by atoms with E-state index in [4.69, 9.17) is 9.47 Å². The zero-order valence-electron chi connectivity index (χ0n) is 14.2. The van der Waals surface area contributed by atoms with Crippen molar-refractivity contribution >= 4 is 12.1 Å². The Kier molecular flexibility index (Phi) is 6.86. The molecular formula is C15H25N5O4. The standard InChI is InChI=1S/C15H25N5O4/c1-18-11-13(10-17-18)12-20(7-9-23-2)14(21)16-4-6-19-5-3-8-24-15(19)22/h10-11H,3-9,12H2,1-2H3,(H,16,21). The fourth-order valence-corrected chi connectivity index (χ4v) is 2.44. The number of carbonyl (C=O) groups is 2. The summed E-state index contributed by atoms with van der Waals surface area (Å²) in [6.07, 6.45) is 4.11. The summed E-state index contributed by atoms with van der Waals surface area (Å²) in [6, 6.07) is -0.193. The summed E-state index contributed by atoms with van der Waals surface area (Å²) in [5.41, 5.74) is 0.948. The summed E-state index contributed by atoms with van der Waals surface area (Å²) in [5.74, 6) is 0. The average molecular weight is 339 g/mol. The first-order valence-corrected chi connectivity index (χ1v) is 8.01. The van der Waals surface area contributed by atoms with Gasteiger partial charge in [0.25, 0.3) is 0 Å². The van der Waals surface area contributed by atoms with E-state index in [1.54, 1.807) is 27.8 Å². The van der Waals surface area contributed by atoms with Crippen LogP contribution in [0.15, 0.2) is 12.4 Å². The molecule has 1 aliphatic heterocycles. The molecule has 2 rings (SSSR count). The highest BCUT2D eigenvalue weighted by Gasteiger charge is 2.20. The molecule has 2 heterocycles. The number of amides is 3. The molecule has 9 heteroatoms. The molecule has 0 radical (unpaired) electrons. The summed E-state index contributed by atoms with van der Waals surface area (Å²) in [7, 11) is 3.43. The summed E-state index contributed by atoms with van der Waals surface area (Å²) in [6.45, 7) is 3.33. The quantitative estimate of drug-likeness (QED) is 0.741. The van der Waals surface area contributed by atoms with E-state index >= 15 is 0 Å². The molecule has 0 bridgehead atoms. The Balaban J connectivity index is 1.81. The number of cyclic esters (lactones) is 1. The number of urea groups is 1. The Morgan fingerprint density at radius 3 is 3.04 bits per heavy atom. The van der Waals surface area contributed by atoms with Crippen LogP contribution in [-0.2, 0) is 23.1 Å². The van der Waals surface area contributed by atoms with Crippen molar-refractivity contribution in [2.24, 2.45) is 7.05 Å². The Bertz CT molecular complexity index is 548. The first kappa shape index (κ1) is 18.1. The third-order valence-electron chi connectivity index (χ3n) is 3.70. The van der Waals surface area contributed by atoms with E-state index in [0.29, 0.717) is 45.9 Å². The van der Waals surface area contributed by atoms with E-state index in [0.717, 1.165) is 12.0 Å². The molecule has 1 N–H and O–H groups in total. The first-order valence-electron chi connectivity index (χ1n) is 8.01. The van der Waals surface area contributed by atoms with Crippen LogP contribution in [0, 0.1) is 0 Å². The SMILES string of the molecule is COCCN(Cc1cnn(C)c1)C(=O)NCCN1CCCOC1=O. The zero-order chi connectivity index (χ0) is 17.4. The highest BCUT2D eigenvalue weighted by atomic mass is 16.6. The molecule has 24 heavy (non-hydrogen) atoms. The maximum atomic E-state index is 12.4. The van der Waals surface area contributed by atoms with Crippen LogP contribution in [0.25, 0.3) is 0 Å². The molecule has 134 valence electrons. The molecule has 1 aromatic heterocycles. The van der Waals surface area contributed by atoms with Crippen LogP contribution in [0.1, 0.15) is 12.0 Å². The van der Waals surface area contributed by atoms with E-state index in [1.165, 1.54) is 0 Å². The number of hydrogen-bond donors (Lipinski definition) is 1. The van der Waals surface area contributed by atoms with Gasteiger partial charge in [0.15, 0.2) is 0 Å². The molecule has 0 saturated carbocycles. The normalized spacial score (nSPS) is 14.4. The number of aryl methyl sites for hydroxylation is 1. The molecule has 9 nitrogen and oxygen atoms in total. The number of rotatable bonds is 8. The van der Waals surface area contributed by atoms with Gasteiger partial charge >= 0.3 is 12.1 Å². The molecule has 1 aliphatic rings. The second-order valence-corrected chi connectivity index (χ2v) is 5.62. The minimum atomic E-state index is -0.318. The van der Waals surface area contributed by atoms with Crippen molar-refractivity contribution < 1.29 is 19.1 Å². The molecule has 0 aliphatic carbocycles. The number of nitrogens with zero attached hydrogens (tertiary/aromatic N) is 4. The number of methoxy groups -OCH3 is 1. The van der Waals surface area contributed by atoms with Crippen molar-refractivity contribution in [1.82, 2.24) is 24.9 Å². The maximum Gasteiger partial charge on any atom is 0.409 e. The summed E-state index contributed by atoms with van der Waals surface area (Å²) in [5, 5.41) is 6.95. The van der Waals surface area contributed by atoms with Crippen LogP contribution < -0.4 is 5.32 Å². The van der Waals surface area contributed by atoms with Crippen LogP contribution in [-0.4, -0.2) is 78.2 Å². The van der Waals surface area contributed by atoms with Gasteiger partial charge in [-0.1, -0.05) is 0 Å². The van der Waals surface area contributed by atoms with Crippen molar-refractivity contribution in [2.75, 3.05) is 46.5 Å². The Morgan fingerprint density at radius 2 is 2.38 bits per heavy atom. The highest BCUT2D eigenvalue weighted by molar-refractivity contribution is 5.74. The Morgan fingerprint density at radius 1 is 1.54 bits per heavy atom. The van der Waals surface area contributed by atoms with E-state index in [9.17, 15) is 9.59 Å². The molecule has 1 saturated heterocycles. The third kappa shape index (κ3) is 5.41. The predicted molar refractivity (Wildman–Crippen MR) is 86.4 cm³/mol. The van der Waals surface area contributed by atoms with Crippen molar-refractivity contribution in [3.63, 3.8) is 0 Å². The molecule has 0 unspecified atom stereocenters. The Hall–Kier alpha value is -2.29. The maximum absolute atomic E-state index is 12.4. The lowest BCUT2D eigenvalue weighted by Gasteiger charge is -2.27. The van der Waals surface area contributed by atoms with Crippen LogP contribution in [0.5, 0.6) is 0 Å². The van der Waals surface area contributed by atoms with E-state index in [-0.39, 0.29) is 12.1 Å². The number of aromatic nitrogens is 2. The smallest absolute Gasteiger partial charge is 0.409 e. The lowest BCUT2D eigenvalue weighted by atomic mass is 10.3. The molecule has 3 amide bonds. The largest absolute Gasteiger partial charge is 0.449 e. The van der Waals surface area contributed by atoms with Crippen LogP contribution >= 0.6 is 0 Å². The summed E-state index contributed by atoms with van der Waals surface area (Å²) >= 11 is 0. The molecule has 0 spiro atoms. The lowest BCUT2D eigenvalue weighted by molar-refractivity contribution is 0.0732. The average Bonchev–Trinajstić information content (AvgIpc) is 2.98. The van der Waals surface area contributed by atoms with Crippen molar-refractivity contribution in [3.8, 4) is 0 Å². The minimum Gasteiger partial charge on any atom is -0.449 e. The molecule has 0 aromatic carbocycles. The number of ether oxygens (including phenoxy) is 2. The van der Waals surface area contributed by atoms with Gasteiger partial charge in [0, 0.05) is 52.1 Å². The third-order valence-corrected chi connectivity index (χ3v) is 3.70. The van der Waals surface area contributed by atoms with Crippen molar-refractivity contribution in [3.05, 3.63) is 18.0 Å². The Labute approximate surface area is 141 Å². The number of nitrogens with one attached hydrogen (secondary N) is 1. The minimum absolute atomic E-state index is 0.193. The number of carbonyl (C=O) groups excluding carboxylic acids is 2. The molecule has 1 fully saturated rings. The molecular weight excluding hydrogens is 314 g/mol. The lowest BCUT2D eigenvalue weighted by Crippen LogP contribution is -2.46. The monoisotopic (exact) mass is 339 g/mol. The van der Waals surface area contributed by atoms with Gasteiger partial charge in [-0.25, -0.2) is 9.59 Å². The van der Waals surface area contributed by atoms with Gasteiger partial charge in [-0.2, -0.15) is 5.10 Å². The predicted octanol–water partition coefficient (Wildman–Crippen LogP) is 0.420. The van der Waals surface area contributed by atoms with E-state index in [1.807, 2.05) is 13.2 Å². The van der Waals surface area contributed by atoms with Gasteiger partial charge in [-0.15, -0.1) is 0 Å². The van der Waals surface area contributed by atoms with Gasteiger partial charge in [0.05, 0.1) is 26.0 Å². The van der Waals surface area contributed by atoms with Crippen molar-refractivity contribution in [2.45, 2.75) is 13.0 Å². The van der Waals surface area contributed by atoms with Crippen molar-refractivity contribution in [1.29, 1.82) is 0 Å².